The van der Waals surface area contributed by atoms with E-state index < -0.39 is 21.9 Å². The van der Waals surface area contributed by atoms with Crippen LogP contribution in [-0.4, -0.2) is 57.1 Å². The van der Waals surface area contributed by atoms with Crippen molar-refractivity contribution in [1.29, 1.82) is 0 Å². The Morgan fingerprint density at radius 2 is 1.60 bits per heavy atom. The van der Waals surface area contributed by atoms with Crippen LogP contribution in [0.1, 0.15) is 44.7 Å². The van der Waals surface area contributed by atoms with Gasteiger partial charge in [0.25, 0.3) is 0 Å². The van der Waals surface area contributed by atoms with E-state index in [4.69, 9.17) is 4.74 Å². The lowest BCUT2D eigenvalue weighted by atomic mass is 10.0. The number of sulfonamides is 1. The van der Waals surface area contributed by atoms with E-state index >= 15 is 0 Å². The number of anilines is 1. The number of rotatable bonds is 16. The average Bonchev–Trinajstić information content (AvgIpc) is 2.97. The molecule has 0 bridgehead atoms. The summed E-state index contributed by atoms with van der Waals surface area (Å²) in [5.41, 5.74) is 1.60. The Bertz CT molecular complexity index is 1430. The van der Waals surface area contributed by atoms with Gasteiger partial charge in [-0.3, -0.25) is 13.9 Å². The van der Waals surface area contributed by atoms with Crippen molar-refractivity contribution in [1.82, 2.24) is 10.2 Å². The van der Waals surface area contributed by atoms with Gasteiger partial charge in [-0.25, -0.2) is 12.8 Å². The van der Waals surface area contributed by atoms with E-state index in [9.17, 15) is 22.4 Å². The van der Waals surface area contributed by atoms with Gasteiger partial charge in [0.15, 0.2) is 0 Å². The third kappa shape index (κ3) is 10.4. The highest BCUT2D eigenvalue weighted by Gasteiger charge is 2.31. The molecule has 0 saturated heterocycles. The summed E-state index contributed by atoms with van der Waals surface area (Å²) in [6.45, 7) is 6.68. The van der Waals surface area contributed by atoms with Crippen LogP contribution in [0.4, 0.5) is 10.1 Å². The van der Waals surface area contributed by atoms with Gasteiger partial charge in [-0.05, 0) is 55.2 Å². The summed E-state index contributed by atoms with van der Waals surface area (Å²) in [4.78, 5) is 28.8. The van der Waals surface area contributed by atoms with Gasteiger partial charge < -0.3 is 15.0 Å². The lowest BCUT2D eigenvalue weighted by Crippen LogP contribution is -2.51. The van der Waals surface area contributed by atoms with Crippen molar-refractivity contribution in [2.75, 3.05) is 30.3 Å². The van der Waals surface area contributed by atoms with Crippen LogP contribution < -0.4 is 14.4 Å². The zero-order valence-corrected chi connectivity index (χ0v) is 26.1. The second-order valence-corrected chi connectivity index (χ2v) is 12.7. The summed E-state index contributed by atoms with van der Waals surface area (Å²) in [5, 5.41) is 2.94. The summed E-state index contributed by atoms with van der Waals surface area (Å²) in [5.74, 6) is -0.348. The van der Waals surface area contributed by atoms with Gasteiger partial charge in [-0.15, -0.1) is 0 Å². The molecule has 8 nitrogen and oxygen atoms in total. The zero-order valence-electron chi connectivity index (χ0n) is 25.3. The van der Waals surface area contributed by atoms with Gasteiger partial charge in [-0.2, -0.15) is 0 Å². The molecule has 0 radical (unpaired) electrons. The van der Waals surface area contributed by atoms with Crippen LogP contribution in [0.15, 0.2) is 78.9 Å². The van der Waals surface area contributed by atoms with E-state index in [1.165, 1.54) is 15.3 Å². The van der Waals surface area contributed by atoms with Crippen LogP contribution in [0.5, 0.6) is 5.75 Å². The van der Waals surface area contributed by atoms with Crippen LogP contribution in [0.3, 0.4) is 0 Å². The number of hydrogen-bond donors (Lipinski definition) is 1. The first kappa shape index (κ1) is 33.6. The molecule has 0 aromatic heterocycles. The van der Waals surface area contributed by atoms with Crippen LogP contribution >= 0.6 is 0 Å². The van der Waals surface area contributed by atoms with Crippen molar-refractivity contribution in [3.63, 3.8) is 0 Å². The Labute approximate surface area is 254 Å². The van der Waals surface area contributed by atoms with E-state index in [1.807, 2.05) is 51.1 Å². The number of carbonyl (C=O) groups excluding carboxylic acids is 2. The Morgan fingerprint density at radius 3 is 2.21 bits per heavy atom. The Morgan fingerprint density at radius 1 is 0.953 bits per heavy atom. The van der Waals surface area contributed by atoms with Gasteiger partial charge >= 0.3 is 0 Å². The highest BCUT2D eigenvalue weighted by Crippen LogP contribution is 2.23. The summed E-state index contributed by atoms with van der Waals surface area (Å²) in [6, 6.07) is 21.4. The van der Waals surface area contributed by atoms with Crippen molar-refractivity contribution >= 4 is 27.5 Å². The number of carbonyl (C=O) groups is 2. The predicted octanol–water partition coefficient (Wildman–Crippen LogP) is 5.18. The molecule has 1 N–H and O–H groups in total. The molecule has 232 valence electrons. The van der Waals surface area contributed by atoms with Gasteiger partial charge in [-0.1, -0.05) is 62.4 Å². The molecule has 3 rings (SSSR count). The number of benzene rings is 3. The molecule has 10 heteroatoms. The van der Waals surface area contributed by atoms with Gasteiger partial charge in [0.2, 0.25) is 21.8 Å². The molecule has 0 saturated carbocycles. The summed E-state index contributed by atoms with van der Waals surface area (Å²) in [6.07, 6.45) is 1.51. The van der Waals surface area contributed by atoms with E-state index in [2.05, 4.69) is 5.32 Å². The Hall–Kier alpha value is -3.92. The maximum Gasteiger partial charge on any atom is 0.243 e. The first-order valence-electron chi connectivity index (χ1n) is 14.5. The molecule has 1 unspecified atom stereocenters. The Balaban J connectivity index is 1.87. The summed E-state index contributed by atoms with van der Waals surface area (Å²) >= 11 is 0. The van der Waals surface area contributed by atoms with Crippen molar-refractivity contribution in [3.8, 4) is 5.75 Å². The third-order valence-corrected chi connectivity index (χ3v) is 8.04. The molecule has 0 aliphatic carbocycles. The molecule has 0 heterocycles. The quantitative estimate of drug-likeness (QED) is 0.241. The van der Waals surface area contributed by atoms with Gasteiger partial charge in [0, 0.05) is 38.0 Å². The van der Waals surface area contributed by atoms with Gasteiger partial charge in [0.05, 0.1) is 18.6 Å². The fourth-order valence-electron chi connectivity index (χ4n) is 4.67. The molecule has 3 aromatic carbocycles. The van der Waals surface area contributed by atoms with E-state index in [0.717, 1.165) is 11.8 Å². The molecule has 0 spiro atoms. The number of halogens is 1. The lowest BCUT2D eigenvalue weighted by Gasteiger charge is -2.32. The molecule has 0 aliphatic rings. The molecular formula is C33H42FN3O5S. The normalized spacial score (nSPS) is 12.0. The van der Waals surface area contributed by atoms with Crippen LogP contribution in [-0.2, 0) is 32.6 Å². The zero-order chi connectivity index (χ0) is 31.4. The number of hydrogen-bond acceptors (Lipinski definition) is 5. The van der Waals surface area contributed by atoms with Gasteiger partial charge in [0.1, 0.15) is 17.6 Å². The highest BCUT2D eigenvalue weighted by atomic mass is 32.2. The number of nitrogens with one attached hydrogen (secondary N) is 1. The van der Waals surface area contributed by atoms with E-state index in [1.54, 1.807) is 42.5 Å². The highest BCUT2D eigenvalue weighted by molar-refractivity contribution is 7.92. The monoisotopic (exact) mass is 611 g/mol. The number of amides is 2. The minimum atomic E-state index is -3.65. The van der Waals surface area contributed by atoms with Crippen molar-refractivity contribution < 1.29 is 27.1 Å². The molecule has 0 aliphatic heterocycles. The Kier molecular flexibility index (Phi) is 12.5. The minimum Gasteiger partial charge on any atom is -0.494 e. The topological polar surface area (TPSA) is 96.0 Å². The first-order chi connectivity index (χ1) is 20.5. The standard InChI is InChI=1S/C33H42FN3O5S/c1-5-42-29-19-17-28(18-20-29)37(43(4,40)41)21-11-16-32(38)36(24-27-14-9-10-15-30(27)34)31(33(39)35-23-25(2)3)22-26-12-7-6-8-13-26/h6-10,12-15,17-20,25,31H,5,11,16,21-24H2,1-4H3,(H,35,39). The molecular weight excluding hydrogens is 569 g/mol. The lowest BCUT2D eigenvalue weighted by molar-refractivity contribution is -0.141. The molecule has 3 aromatic rings. The largest absolute Gasteiger partial charge is 0.494 e. The van der Waals surface area contributed by atoms with Crippen molar-refractivity contribution in [3.05, 3.63) is 95.8 Å². The van der Waals surface area contributed by atoms with Crippen LogP contribution in [0, 0.1) is 11.7 Å². The number of ether oxygens (including phenoxy) is 1. The van der Waals surface area contributed by atoms with E-state index in [0.29, 0.717) is 24.6 Å². The number of nitrogens with zero attached hydrogens (tertiary/aromatic N) is 2. The molecule has 1 atom stereocenters. The van der Waals surface area contributed by atoms with Crippen molar-refractivity contribution in [2.45, 2.75) is 52.6 Å². The molecule has 43 heavy (non-hydrogen) atoms. The minimum absolute atomic E-state index is 0.0414. The fourth-order valence-corrected chi connectivity index (χ4v) is 5.63. The van der Waals surface area contributed by atoms with Crippen LogP contribution in [0.25, 0.3) is 0 Å². The molecule has 0 fully saturated rings. The first-order valence-corrected chi connectivity index (χ1v) is 16.4. The second kappa shape index (κ2) is 16.1. The maximum atomic E-state index is 14.8. The van der Waals surface area contributed by atoms with Crippen LogP contribution in [0.2, 0.25) is 0 Å². The van der Waals surface area contributed by atoms with Crippen molar-refractivity contribution in [2.24, 2.45) is 5.92 Å². The smallest absolute Gasteiger partial charge is 0.243 e. The average molecular weight is 612 g/mol. The maximum absolute atomic E-state index is 14.8. The molecule has 2 amide bonds. The van der Waals surface area contributed by atoms with E-state index in [-0.39, 0.29) is 55.6 Å². The summed E-state index contributed by atoms with van der Waals surface area (Å²) in [7, 11) is -3.65. The third-order valence-electron chi connectivity index (χ3n) is 6.84. The SMILES string of the molecule is CCOc1ccc(N(CCCC(=O)N(Cc2ccccc2F)C(Cc2ccccc2)C(=O)NCC(C)C)S(C)(=O)=O)cc1. The predicted molar refractivity (Wildman–Crippen MR) is 168 cm³/mol. The summed E-state index contributed by atoms with van der Waals surface area (Å²) < 4.78 is 46.8. The fraction of sp³-hybridized carbons (Fsp3) is 0.394. The second-order valence-electron chi connectivity index (χ2n) is 10.8.